The lowest BCUT2D eigenvalue weighted by atomic mass is 10.1. The van der Waals surface area contributed by atoms with Gasteiger partial charge in [-0.15, -0.1) is 0 Å². The molecule has 0 aromatic carbocycles. The molecule has 1 fully saturated rings. The standard InChI is InChI=1S/C11H15N5O4S/c1-15-3-16(8-5(15)9(21)14-11(12)13-8)10-7(19)6(18)4(2-17)20-10/h3-7,10,17-19H,2H2,1H3,(H-,12,14,21)/p+1/t4-,5?,6-,7-,10-/m1/s1. The van der Waals surface area contributed by atoms with E-state index >= 15 is 0 Å². The number of hydrogen-bond donors (Lipinski definition) is 4. The fraction of sp³-hybridized carbons (Fsp3) is 0.636. The van der Waals surface area contributed by atoms with E-state index in [1.807, 2.05) is 0 Å². The minimum Gasteiger partial charge on any atom is -0.394 e. The molecular weight excluding hydrogens is 298 g/mol. The topological polar surface area (TPSA) is 127 Å². The van der Waals surface area contributed by atoms with E-state index in [1.165, 1.54) is 0 Å². The highest BCUT2D eigenvalue weighted by atomic mass is 32.1. The van der Waals surface area contributed by atoms with Gasteiger partial charge in [-0.25, -0.2) is 4.99 Å². The zero-order chi connectivity index (χ0) is 15.3. The summed E-state index contributed by atoms with van der Waals surface area (Å²) in [6.45, 7) is -0.393. The van der Waals surface area contributed by atoms with Crippen LogP contribution in [0.5, 0.6) is 0 Å². The van der Waals surface area contributed by atoms with E-state index in [0.717, 1.165) is 0 Å². The Labute approximate surface area is 125 Å². The molecule has 1 saturated heterocycles. The van der Waals surface area contributed by atoms with Crippen molar-refractivity contribution in [1.29, 1.82) is 0 Å². The van der Waals surface area contributed by atoms with Crippen LogP contribution in [0.25, 0.3) is 0 Å². The molecule has 0 spiro atoms. The number of nitrogens with two attached hydrogens (primary N) is 1. The first-order valence-electron chi connectivity index (χ1n) is 6.38. The average molecular weight is 314 g/mol. The first-order valence-corrected chi connectivity index (χ1v) is 6.79. The highest BCUT2D eigenvalue weighted by molar-refractivity contribution is 7.80. The third-order valence-corrected chi connectivity index (χ3v) is 4.02. The number of amidine groups is 1. The van der Waals surface area contributed by atoms with Crippen molar-refractivity contribution < 1.29 is 24.6 Å². The van der Waals surface area contributed by atoms with Gasteiger partial charge in [0.05, 0.1) is 13.7 Å². The van der Waals surface area contributed by atoms with Crippen molar-refractivity contribution in [1.82, 2.24) is 4.90 Å². The molecule has 3 aliphatic heterocycles. The Kier molecular flexibility index (Phi) is 3.50. The van der Waals surface area contributed by atoms with E-state index in [2.05, 4.69) is 9.98 Å². The number of rotatable bonds is 2. The summed E-state index contributed by atoms with van der Waals surface area (Å²) in [5.41, 5.74) is 5.63. The van der Waals surface area contributed by atoms with Crippen LogP contribution in [0.15, 0.2) is 9.98 Å². The van der Waals surface area contributed by atoms with Gasteiger partial charge in [0, 0.05) is 0 Å². The van der Waals surface area contributed by atoms with Crippen LogP contribution < -0.4 is 5.73 Å². The van der Waals surface area contributed by atoms with Crippen LogP contribution in [0.3, 0.4) is 0 Å². The summed E-state index contributed by atoms with van der Waals surface area (Å²) in [7, 11) is 1.78. The molecule has 0 aromatic heterocycles. The minimum atomic E-state index is -1.19. The van der Waals surface area contributed by atoms with Gasteiger partial charge in [-0.3, -0.25) is 4.58 Å². The molecule has 5 N–H and O–H groups in total. The fourth-order valence-corrected chi connectivity index (χ4v) is 3.04. The van der Waals surface area contributed by atoms with Crippen LogP contribution in [-0.2, 0) is 4.74 Å². The summed E-state index contributed by atoms with van der Waals surface area (Å²) in [5, 5.41) is 29.1. The van der Waals surface area contributed by atoms with E-state index in [0.29, 0.717) is 10.8 Å². The van der Waals surface area contributed by atoms with E-state index in [-0.39, 0.29) is 12.0 Å². The first kappa shape index (κ1) is 14.5. The number of thiocarbonyl (C=S) groups is 1. The molecule has 0 aliphatic carbocycles. The van der Waals surface area contributed by atoms with Gasteiger partial charge in [0.2, 0.25) is 24.6 Å². The molecule has 0 radical (unpaired) electrons. The zero-order valence-electron chi connectivity index (χ0n) is 11.2. The number of hydrogen-bond acceptors (Lipinski definition) is 8. The quantitative estimate of drug-likeness (QED) is 0.313. The maximum Gasteiger partial charge on any atom is 0.254 e. The average Bonchev–Trinajstić information content (AvgIpc) is 2.89. The van der Waals surface area contributed by atoms with E-state index in [4.69, 9.17) is 27.8 Å². The van der Waals surface area contributed by atoms with Crippen molar-refractivity contribution in [2.24, 2.45) is 15.7 Å². The monoisotopic (exact) mass is 314 g/mol. The number of likely N-dealkylation sites (N-methyl/N-ethyl adjacent to an activating group) is 1. The highest BCUT2D eigenvalue weighted by Crippen LogP contribution is 2.27. The number of fused-ring (bicyclic) bond motifs is 1. The van der Waals surface area contributed by atoms with Crippen molar-refractivity contribution in [3.8, 4) is 0 Å². The van der Waals surface area contributed by atoms with Crippen LogP contribution in [0.4, 0.5) is 0 Å². The number of ether oxygens (including phenoxy) is 1. The molecule has 3 heterocycles. The first-order chi connectivity index (χ1) is 9.93. The minimum absolute atomic E-state index is 0.0340. The van der Waals surface area contributed by atoms with Gasteiger partial charge in [0.15, 0.2) is 4.99 Å². The van der Waals surface area contributed by atoms with Gasteiger partial charge >= 0.3 is 0 Å². The van der Waals surface area contributed by atoms with Gasteiger partial charge < -0.3 is 25.8 Å². The van der Waals surface area contributed by atoms with Gasteiger partial charge in [-0.1, -0.05) is 12.2 Å². The Balaban J connectivity index is 1.93. The molecule has 3 rings (SSSR count). The highest BCUT2D eigenvalue weighted by Gasteiger charge is 2.54. The van der Waals surface area contributed by atoms with Crippen LogP contribution in [0.2, 0.25) is 0 Å². The smallest absolute Gasteiger partial charge is 0.254 e. The molecule has 114 valence electrons. The normalized spacial score (nSPS) is 39.0. The SMILES string of the molecule is C[N+]1=CN([C@@H]2O[C@H](CO)[C@@H](O)[C@H]2O)C2=NC(N)=NC(=S)C21. The molecule has 3 aliphatic rings. The predicted molar refractivity (Wildman–Crippen MR) is 77.3 cm³/mol. The zero-order valence-corrected chi connectivity index (χ0v) is 12.0. The Bertz CT molecular complexity index is 577. The van der Waals surface area contributed by atoms with E-state index in [1.54, 1.807) is 22.9 Å². The summed E-state index contributed by atoms with van der Waals surface area (Å²) >= 11 is 5.19. The van der Waals surface area contributed by atoms with Crippen LogP contribution in [0.1, 0.15) is 0 Å². The number of nitrogens with zero attached hydrogens (tertiary/aromatic N) is 4. The molecule has 0 saturated carbocycles. The summed E-state index contributed by atoms with van der Waals surface area (Å²) in [6.07, 6.45) is -2.45. The van der Waals surface area contributed by atoms with Crippen molar-refractivity contribution >= 4 is 35.3 Å². The second-order valence-electron chi connectivity index (χ2n) is 5.10. The lowest BCUT2D eigenvalue weighted by Crippen LogP contribution is -2.49. The number of guanidine groups is 1. The Morgan fingerprint density at radius 3 is 2.76 bits per heavy atom. The Hall–Kier alpha value is -1.46. The van der Waals surface area contributed by atoms with Crippen LogP contribution >= 0.6 is 12.2 Å². The maximum atomic E-state index is 10.1. The third-order valence-electron chi connectivity index (χ3n) is 3.70. The fourth-order valence-electron chi connectivity index (χ4n) is 2.67. The van der Waals surface area contributed by atoms with Crippen molar-refractivity contribution in [3.05, 3.63) is 0 Å². The third kappa shape index (κ3) is 2.15. The Morgan fingerprint density at radius 1 is 1.43 bits per heavy atom. The van der Waals surface area contributed by atoms with Crippen molar-refractivity contribution in [2.75, 3.05) is 13.7 Å². The van der Waals surface area contributed by atoms with E-state index < -0.39 is 31.1 Å². The molecule has 10 heteroatoms. The Morgan fingerprint density at radius 2 is 2.14 bits per heavy atom. The summed E-state index contributed by atoms with van der Waals surface area (Å²) in [4.78, 5) is 10.0. The molecule has 0 amide bonds. The largest absolute Gasteiger partial charge is 0.394 e. The molecule has 0 aromatic rings. The van der Waals surface area contributed by atoms with Crippen molar-refractivity contribution in [3.63, 3.8) is 0 Å². The molecule has 5 atom stereocenters. The summed E-state index contributed by atoms with van der Waals surface area (Å²) in [6, 6.07) is -0.367. The van der Waals surface area contributed by atoms with Gasteiger partial charge in [0.25, 0.3) is 5.84 Å². The van der Waals surface area contributed by atoms with E-state index in [9.17, 15) is 10.2 Å². The van der Waals surface area contributed by atoms with Gasteiger partial charge in [-0.05, 0) is 0 Å². The lowest BCUT2D eigenvalue weighted by molar-refractivity contribution is -0.493. The van der Waals surface area contributed by atoms with Crippen LogP contribution in [-0.4, -0.2) is 92.2 Å². The summed E-state index contributed by atoms with van der Waals surface area (Å²) in [5.74, 6) is 0.511. The molecule has 1 unspecified atom stereocenters. The van der Waals surface area contributed by atoms with Crippen LogP contribution in [0, 0.1) is 0 Å². The number of aliphatic hydroxyl groups excluding tert-OH is 3. The second-order valence-corrected chi connectivity index (χ2v) is 5.52. The molecular formula is C11H16N5O4S+. The molecule has 21 heavy (non-hydrogen) atoms. The molecule has 9 nitrogen and oxygen atoms in total. The predicted octanol–water partition coefficient (Wildman–Crippen LogP) is -3.17. The van der Waals surface area contributed by atoms with Crippen molar-refractivity contribution in [2.45, 2.75) is 30.6 Å². The molecule has 0 bridgehead atoms. The lowest BCUT2D eigenvalue weighted by Gasteiger charge is -2.21. The maximum absolute atomic E-state index is 10.1. The van der Waals surface area contributed by atoms with Gasteiger partial charge in [-0.2, -0.15) is 9.89 Å². The van der Waals surface area contributed by atoms with Gasteiger partial charge in [0.1, 0.15) is 18.3 Å². The second kappa shape index (κ2) is 5.07. The summed E-state index contributed by atoms with van der Waals surface area (Å²) < 4.78 is 7.27. The number of aliphatic imine (C=N–C) groups is 2. The number of aliphatic hydroxyl groups is 3.